The number of nitrogens with one attached hydrogen (secondary N) is 1. The number of rotatable bonds is 5. The summed E-state index contributed by atoms with van der Waals surface area (Å²) in [6.07, 6.45) is 6.70. The maximum Gasteiger partial charge on any atom is 0.0900 e. The fraction of sp³-hybridized carbons (Fsp3) is 0.812. The van der Waals surface area contributed by atoms with Gasteiger partial charge in [0.25, 0.3) is 0 Å². The summed E-state index contributed by atoms with van der Waals surface area (Å²) < 4.78 is 0. The molecule has 3 nitrogen and oxygen atoms in total. The van der Waals surface area contributed by atoms with Crippen LogP contribution in [-0.4, -0.2) is 34.6 Å². The molecular weight excluding hydrogens is 266 g/mol. The Labute approximate surface area is 126 Å². The Kier molecular flexibility index (Phi) is 4.43. The number of hydrogen-bond donors (Lipinski definition) is 1. The first-order valence-electron chi connectivity index (χ1n) is 8.08. The molecule has 0 amide bonds. The first-order valence-corrected chi connectivity index (χ1v) is 8.90. The third-order valence-electron chi connectivity index (χ3n) is 4.82. The largest absolute Gasteiger partial charge is 0.311 e. The van der Waals surface area contributed by atoms with Gasteiger partial charge in [-0.3, -0.25) is 4.90 Å². The molecule has 20 heavy (non-hydrogen) atoms. The van der Waals surface area contributed by atoms with E-state index in [2.05, 4.69) is 36.0 Å². The van der Waals surface area contributed by atoms with Crippen LogP contribution < -0.4 is 5.32 Å². The Morgan fingerprint density at radius 1 is 1.25 bits per heavy atom. The van der Waals surface area contributed by atoms with Gasteiger partial charge < -0.3 is 5.32 Å². The molecule has 2 fully saturated rings. The lowest BCUT2D eigenvalue weighted by Gasteiger charge is -2.37. The van der Waals surface area contributed by atoms with Gasteiger partial charge in [-0.15, -0.1) is 11.3 Å². The topological polar surface area (TPSA) is 28.2 Å². The van der Waals surface area contributed by atoms with E-state index in [1.165, 1.54) is 54.2 Å². The van der Waals surface area contributed by atoms with Gasteiger partial charge in [-0.2, -0.15) is 0 Å². The number of hydrogen-bond acceptors (Lipinski definition) is 4. The summed E-state index contributed by atoms with van der Waals surface area (Å²) in [6, 6.07) is 2.33. The van der Waals surface area contributed by atoms with Gasteiger partial charge in [0.1, 0.15) is 0 Å². The van der Waals surface area contributed by atoms with Crippen LogP contribution >= 0.6 is 11.3 Å². The van der Waals surface area contributed by atoms with Crippen molar-refractivity contribution >= 4 is 11.3 Å². The van der Waals surface area contributed by atoms with Gasteiger partial charge in [0.2, 0.25) is 0 Å². The monoisotopic (exact) mass is 293 g/mol. The summed E-state index contributed by atoms with van der Waals surface area (Å²) in [5, 5.41) is 4.97. The standard InChI is InChI=1S/C16H27N3S/c1-4-7-19(10-16-11(2)17-12(3)20-16)15-8-13-5-6-14(9-15)18-13/h13-15,18H,4-10H2,1-3H3. The minimum atomic E-state index is 0.774. The molecule has 2 aliphatic rings. The summed E-state index contributed by atoms with van der Waals surface area (Å²) in [7, 11) is 0. The van der Waals surface area contributed by atoms with Crippen molar-refractivity contribution in [3.05, 3.63) is 15.6 Å². The molecule has 112 valence electrons. The Hall–Kier alpha value is -0.450. The van der Waals surface area contributed by atoms with E-state index in [0.717, 1.165) is 24.7 Å². The SMILES string of the molecule is CCCN(Cc1sc(C)nc1C)C1CC2CCC(C1)N2. The van der Waals surface area contributed by atoms with Crippen molar-refractivity contribution in [2.45, 2.75) is 77.5 Å². The molecule has 1 aromatic rings. The highest BCUT2D eigenvalue weighted by Gasteiger charge is 2.35. The van der Waals surface area contributed by atoms with Gasteiger partial charge in [-0.1, -0.05) is 6.92 Å². The molecule has 2 aliphatic heterocycles. The van der Waals surface area contributed by atoms with E-state index in [0.29, 0.717) is 0 Å². The molecule has 1 aromatic heterocycles. The second-order valence-electron chi connectivity index (χ2n) is 6.48. The lowest BCUT2D eigenvalue weighted by molar-refractivity contribution is 0.135. The van der Waals surface area contributed by atoms with Crippen molar-refractivity contribution in [1.29, 1.82) is 0 Å². The molecule has 0 radical (unpaired) electrons. The highest BCUT2D eigenvalue weighted by atomic mass is 32.1. The van der Waals surface area contributed by atoms with E-state index in [9.17, 15) is 0 Å². The number of nitrogens with zero attached hydrogens (tertiary/aromatic N) is 2. The molecule has 2 atom stereocenters. The first kappa shape index (κ1) is 14.5. The van der Waals surface area contributed by atoms with E-state index in [4.69, 9.17) is 0 Å². The number of fused-ring (bicyclic) bond motifs is 2. The second kappa shape index (κ2) is 6.12. The fourth-order valence-corrected chi connectivity index (χ4v) is 4.87. The molecule has 2 saturated heterocycles. The predicted molar refractivity (Wildman–Crippen MR) is 85.3 cm³/mol. The van der Waals surface area contributed by atoms with Gasteiger partial charge in [0, 0.05) is 29.5 Å². The van der Waals surface area contributed by atoms with E-state index >= 15 is 0 Å². The first-order chi connectivity index (χ1) is 9.65. The fourth-order valence-electron chi connectivity index (χ4n) is 3.91. The lowest BCUT2D eigenvalue weighted by atomic mass is 9.98. The van der Waals surface area contributed by atoms with Crippen molar-refractivity contribution in [2.24, 2.45) is 0 Å². The van der Waals surface area contributed by atoms with Crippen molar-refractivity contribution in [3.8, 4) is 0 Å². The Morgan fingerprint density at radius 3 is 2.50 bits per heavy atom. The summed E-state index contributed by atoms with van der Waals surface area (Å²) in [6.45, 7) is 8.91. The summed E-state index contributed by atoms with van der Waals surface area (Å²) in [4.78, 5) is 8.79. The van der Waals surface area contributed by atoms with Crippen LogP contribution in [0.3, 0.4) is 0 Å². The third kappa shape index (κ3) is 3.07. The molecule has 3 heterocycles. The summed E-state index contributed by atoms with van der Waals surface area (Å²) in [5.41, 5.74) is 1.24. The van der Waals surface area contributed by atoms with Crippen molar-refractivity contribution in [2.75, 3.05) is 6.54 Å². The van der Waals surface area contributed by atoms with Gasteiger partial charge in [0.15, 0.2) is 0 Å². The molecule has 0 aromatic carbocycles. The molecule has 3 rings (SSSR count). The summed E-state index contributed by atoms with van der Waals surface area (Å²) >= 11 is 1.88. The molecule has 4 heteroatoms. The minimum absolute atomic E-state index is 0.774. The van der Waals surface area contributed by atoms with Crippen LogP contribution in [0, 0.1) is 13.8 Å². The minimum Gasteiger partial charge on any atom is -0.311 e. The smallest absolute Gasteiger partial charge is 0.0900 e. The molecule has 0 aliphatic carbocycles. The van der Waals surface area contributed by atoms with Gasteiger partial charge in [-0.25, -0.2) is 4.98 Å². The van der Waals surface area contributed by atoms with Gasteiger partial charge in [0.05, 0.1) is 10.7 Å². The van der Waals surface area contributed by atoms with Crippen molar-refractivity contribution in [1.82, 2.24) is 15.2 Å². The maximum absolute atomic E-state index is 4.59. The number of thiazole rings is 1. The van der Waals surface area contributed by atoms with Gasteiger partial charge in [-0.05, 0) is 52.5 Å². The highest BCUT2D eigenvalue weighted by molar-refractivity contribution is 7.11. The van der Waals surface area contributed by atoms with Crippen LogP contribution in [0.15, 0.2) is 0 Å². The zero-order valence-corrected chi connectivity index (χ0v) is 13.8. The van der Waals surface area contributed by atoms with Crippen molar-refractivity contribution < 1.29 is 0 Å². The molecule has 2 bridgehead atoms. The van der Waals surface area contributed by atoms with Crippen molar-refractivity contribution in [3.63, 3.8) is 0 Å². The average Bonchev–Trinajstić information content (AvgIpc) is 2.91. The predicted octanol–water partition coefficient (Wildman–Crippen LogP) is 3.25. The van der Waals surface area contributed by atoms with Gasteiger partial charge >= 0.3 is 0 Å². The van der Waals surface area contributed by atoms with E-state index in [1.54, 1.807) is 0 Å². The molecule has 1 N–H and O–H groups in total. The molecule has 0 saturated carbocycles. The van der Waals surface area contributed by atoms with Crippen LogP contribution in [0.4, 0.5) is 0 Å². The highest BCUT2D eigenvalue weighted by Crippen LogP contribution is 2.31. The molecular formula is C16H27N3S. The number of piperidine rings is 1. The third-order valence-corrected chi connectivity index (χ3v) is 5.88. The van der Waals surface area contributed by atoms with Crippen LogP contribution in [0.5, 0.6) is 0 Å². The zero-order valence-electron chi connectivity index (χ0n) is 13.0. The number of aryl methyl sites for hydroxylation is 2. The van der Waals surface area contributed by atoms with Crippen LogP contribution in [0.2, 0.25) is 0 Å². The number of aromatic nitrogens is 1. The van der Waals surface area contributed by atoms with E-state index < -0.39 is 0 Å². The quantitative estimate of drug-likeness (QED) is 0.903. The Balaban J connectivity index is 1.70. The zero-order chi connectivity index (χ0) is 14.1. The average molecular weight is 293 g/mol. The molecule has 0 spiro atoms. The normalized spacial score (nSPS) is 29.3. The van der Waals surface area contributed by atoms with Crippen LogP contribution in [-0.2, 0) is 6.54 Å². The Morgan fingerprint density at radius 2 is 1.95 bits per heavy atom. The van der Waals surface area contributed by atoms with Crippen LogP contribution in [0.1, 0.15) is 54.6 Å². The lowest BCUT2D eigenvalue weighted by Crippen LogP contribution is -2.48. The summed E-state index contributed by atoms with van der Waals surface area (Å²) in [5.74, 6) is 0. The Bertz CT molecular complexity index is 445. The van der Waals surface area contributed by atoms with Crippen LogP contribution in [0.25, 0.3) is 0 Å². The molecule has 2 unspecified atom stereocenters. The van der Waals surface area contributed by atoms with E-state index in [-0.39, 0.29) is 0 Å². The second-order valence-corrected chi connectivity index (χ2v) is 7.76. The van der Waals surface area contributed by atoms with E-state index in [1.807, 2.05) is 11.3 Å². The maximum atomic E-state index is 4.59.